The number of unbranched alkanes of at least 4 members (excludes halogenated alkanes) is 2. The molecule has 150 valence electrons. The third-order valence-corrected chi connectivity index (χ3v) is 5.31. The minimum Gasteiger partial charge on any atom is -0.462 e. The third-order valence-electron chi connectivity index (χ3n) is 5.31. The fraction of sp³-hybridized carbons (Fsp3) is 0.500. The Morgan fingerprint density at radius 2 is 1.86 bits per heavy atom. The number of hydrogen-bond donors (Lipinski definition) is 1. The predicted octanol–water partition coefficient (Wildman–Crippen LogP) is 4.95. The lowest BCUT2D eigenvalue weighted by atomic mass is 9.98. The number of rotatable bonds is 9. The Morgan fingerprint density at radius 1 is 1.14 bits per heavy atom. The van der Waals surface area contributed by atoms with E-state index in [4.69, 9.17) is 20.4 Å². The van der Waals surface area contributed by atoms with Gasteiger partial charge < -0.3 is 15.0 Å². The second-order valence-corrected chi connectivity index (χ2v) is 7.25. The molecule has 0 amide bonds. The highest BCUT2D eigenvalue weighted by Crippen LogP contribution is 2.30. The number of esters is 1. The van der Waals surface area contributed by atoms with E-state index < -0.39 is 5.97 Å². The van der Waals surface area contributed by atoms with Crippen molar-refractivity contribution in [2.45, 2.75) is 59.4 Å². The van der Waals surface area contributed by atoms with Crippen molar-refractivity contribution < 1.29 is 9.53 Å². The van der Waals surface area contributed by atoms with Crippen LogP contribution in [-0.2, 0) is 11.3 Å². The molecule has 6 heteroatoms. The van der Waals surface area contributed by atoms with Gasteiger partial charge in [0.15, 0.2) is 5.65 Å². The monoisotopic (exact) mass is 382 g/mol. The van der Waals surface area contributed by atoms with Gasteiger partial charge >= 0.3 is 5.97 Å². The van der Waals surface area contributed by atoms with Gasteiger partial charge in [0.25, 0.3) is 0 Å². The number of carbonyl (C=O) groups is 1. The summed E-state index contributed by atoms with van der Waals surface area (Å²) < 4.78 is 7.21. The molecule has 0 saturated heterocycles. The number of para-hydroxylation sites is 2. The normalized spacial score (nSPS) is 12.5. The molecule has 1 atom stereocenters. The number of anilines is 1. The summed E-state index contributed by atoms with van der Waals surface area (Å²) >= 11 is 0. The van der Waals surface area contributed by atoms with E-state index in [-0.39, 0.29) is 0 Å². The molecule has 0 bridgehead atoms. The molecule has 0 spiro atoms. The quantitative estimate of drug-likeness (QED) is 0.418. The summed E-state index contributed by atoms with van der Waals surface area (Å²) in [5, 5.41) is 0. The summed E-state index contributed by atoms with van der Waals surface area (Å²) in [5.74, 6) is 0.442. The first-order valence-corrected chi connectivity index (χ1v) is 10.3. The average Bonchev–Trinajstić information content (AvgIpc) is 2.96. The average molecular weight is 383 g/mol. The number of aromatic nitrogens is 3. The van der Waals surface area contributed by atoms with Crippen LogP contribution in [0.1, 0.15) is 63.2 Å². The zero-order valence-corrected chi connectivity index (χ0v) is 17.1. The first-order chi connectivity index (χ1) is 13.6. The third kappa shape index (κ3) is 3.96. The van der Waals surface area contributed by atoms with E-state index in [1.807, 2.05) is 28.8 Å². The molecule has 0 aliphatic rings. The van der Waals surface area contributed by atoms with Gasteiger partial charge in [0.2, 0.25) is 0 Å². The Bertz CT molecular complexity index is 964. The summed E-state index contributed by atoms with van der Waals surface area (Å²) in [5.41, 5.74) is 9.51. The number of ether oxygens (including phenoxy) is 1. The number of hydrogen-bond acceptors (Lipinski definition) is 5. The van der Waals surface area contributed by atoms with Crippen molar-refractivity contribution in [1.29, 1.82) is 0 Å². The van der Waals surface area contributed by atoms with Crippen molar-refractivity contribution in [3.05, 3.63) is 29.8 Å². The topological polar surface area (TPSA) is 83.0 Å². The molecule has 0 radical (unpaired) electrons. The second-order valence-electron chi connectivity index (χ2n) is 7.25. The van der Waals surface area contributed by atoms with Gasteiger partial charge in [-0.3, -0.25) is 0 Å². The summed E-state index contributed by atoms with van der Waals surface area (Å²) in [6.07, 6.45) is 5.83. The highest BCUT2D eigenvalue weighted by atomic mass is 16.5. The fourth-order valence-electron chi connectivity index (χ4n) is 3.67. The number of nitrogens with zero attached hydrogens (tertiary/aromatic N) is 3. The lowest BCUT2D eigenvalue weighted by Gasteiger charge is -2.17. The molecule has 0 aliphatic heterocycles. The number of carbonyl (C=O) groups excluding carboxylic acids is 1. The Kier molecular flexibility index (Phi) is 6.49. The summed E-state index contributed by atoms with van der Waals surface area (Å²) in [7, 11) is 0. The molecular formula is C22H30N4O2. The minimum atomic E-state index is -0.438. The SMILES string of the molecule is CCCCCC(CC)Cn1c(N)c(C(=O)OCC)c2nc3ccccc3nc21. The molecule has 1 unspecified atom stereocenters. The molecule has 3 rings (SSSR count). The van der Waals surface area contributed by atoms with E-state index in [9.17, 15) is 4.79 Å². The number of fused-ring (bicyclic) bond motifs is 2. The summed E-state index contributed by atoms with van der Waals surface area (Å²) in [4.78, 5) is 22.1. The van der Waals surface area contributed by atoms with Crippen molar-refractivity contribution in [3.8, 4) is 0 Å². The molecule has 2 aromatic heterocycles. The van der Waals surface area contributed by atoms with Gasteiger partial charge in [-0.25, -0.2) is 14.8 Å². The summed E-state index contributed by atoms with van der Waals surface area (Å²) in [6, 6.07) is 7.67. The maximum atomic E-state index is 12.6. The van der Waals surface area contributed by atoms with Gasteiger partial charge in [-0.1, -0.05) is 51.7 Å². The van der Waals surface area contributed by atoms with Gasteiger partial charge in [0.1, 0.15) is 16.9 Å². The van der Waals surface area contributed by atoms with Crippen LogP contribution in [0, 0.1) is 5.92 Å². The standard InChI is InChI=1S/C22H30N4O2/c1-4-7-8-11-15(5-2)14-26-20(23)18(22(27)28-6-3)19-21(26)25-17-13-10-9-12-16(17)24-19/h9-10,12-13,15H,4-8,11,14,23H2,1-3H3. The maximum absolute atomic E-state index is 12.6. The van der Waals surface area contributed by atoms with Crippen molar-refractivity contribution >= 4 is 34.0 Å². The Balaban J connectivity index is 2.10. The zero-order chi connectivity index (χ0) is 20.1. The van der Waals surface area contributed by atoms with Gasteiger partial charge in [0, 0.05) is 6.54 Å². The highest BCUT2D eigenvalue weighted by molar-refractivity contribution is 6.08. The van der Waals surface area contributed by atoms with Crippen LogP contribution >= 0.6 is 0 Å². The van der Waals surface area contributed by atoms with E-state index >= 15 is 0 Å². The van der Waals surface area contributed by atoms with Crippen LogP contribution in [0.15, 0.2) is 24.3 Å². The Hall–Kier alpha value is -2.63. The van der Waals surface area contributed by atoms with Gasteiger partial charge in [-0.05, 0) is 31.4 Å². The second kappa shape index (κ2) is 9.04. The number of nitrogen functional groups attached to an aromatic ring is 1. The van der Waals surface area contributed by atoms with Crippen LogP contribution in [0.5, 0.6) is 0 Å². The number of benzene rings is 1. The van der Waals surface area contributed by atoms with Gasteiger partial charge in [-0.2, -0.15) is 0 Å². The predicted molar refractivity (Wildman–Crippen MR) is 113 cm³/mol. The molecule has 0 fully saturated rings. The first-order valence-electron chi connectivity index (χ1n) is 10.3. The van der Waals surface area contributed by atoms with E-state index in [0.717, 1.165) is 30.4 Å². The van der Waals surface area contributed by atoms with E-state index in [0.29, 0.717) is 35.1 Å². The van der Waals surface area contributed by atoms with Crippen molar-refractivity contribution in [2.75, 3.05) is 12.3 Å². The highest BCUT2D eigenvalue weighted by Gasteiger charge is 2.26. The van der Waals surface area contributed by atoms with Gasteiger partial charge in [0.05, 0.1) is 17.6 Å². The van der Waals surface area contributed by atoms with E-state index in [1.54, 1.807) is 6.92 Å². The van der Waals surface area contributed by atoms with Crippen molar-refractivity contribution in [2.24, 2.45) is 5.92 Å². The molecule has 0 aliphatic carbocycles. The molecule has 3 aromatic rings. The van der Waals surface area contributed by atoms with Crippen LogP contribution in [-0.4, -0.2) is 27.1 Å². The number of nitrogens with two attached hydrogens (primary N) is 1. The van der Waals surface area contributed by atoms with E-state index in [1.165, 1.54) is 19.3 Å². The summed E-state index contributed by atoms with van der Waals surface area (Å²) in [6.45, 7) is 7.22. The van der Waals surface area contributed by atoms with Crippen LogP contribution in [0.25, 0.3) is 22.2 Å². The smallest absolute Gasteiger partial charge is 0.344 e. The molecule has 0 saturated carbocycles. The van der Waals surface area contributed by atoms with Crippen LogP contribution < -0.4 is 5.73 Å². The minimum absolute atomic E-state index is 0.292. The lowest BCUT2D eigenvalue weighted by Crippen LogP contribution is -2.14. The molecule has 6 nitrogen and oxygen atoms in total. The first kappa shape index (κ1) is 20.1. The maximum Gasteiger partial charge on any atom is 0.344 e. The van der Waals surface area contributed by atoms with E-state index in [2.05, 4.69) is 13.8 Å². The lowest BCUT2D eigenvalue weighted by molar-refractivity contribution is 0.0529. The molecule has 2 N–H and O–H groups in total. The molecule has 1 aromatic carbocycles. The molecule has 28 heavy (non-hydrogen) atoms. The van der Waals surface area contributed by atoms with Crippen LogP contribution in [0.2, 0.25) is 0 Å². The molecular weight excluding hydrogens is 352 g/mol. The largest absolute Gasteiger partial charge is 0.462 e. The van der Waals surface area contributed by atoms with Crippen LogP contribution in [0.3, 0.4) is 0 Å². The molecule has 2 heterocycles. The Labute approximate surface area is 166 Å². The van der Waals surface area contributed by atoms with Crippen LogP contribution in [0.4, 0.5) is 5.82 Å². The Morgan fingerprint density at radius 3 is 2.50 bits per heavy atom. The van der Waals surface area contributed by atoms with Crippen molar-refractivity contribution in [1.82, 2.24) is 14.5 Å². The van der Waals surface area contributed by atoms with Gasteiger partial charge in [-0.15, -0.1) is 0 Å². The van der Waals surface area contributed by atoms with Crippen molar-refractivity contribution in [3.63, 3.8) is 0 Å². The zero-order valence-electron chi connectivity index (χ0n) is 17.1. The fourth-order valence-corrected chi connectivity index (χ4v) is 3.67.